The molecule has 2 rings (SSSR count). The van der Waals surface area contributed by atoms with Crippen molar-refractivity contribution in [1.29, 1.82) is 0 Å². The summed E-state index contributed by atoms with van der Waals surface area (Å²) in [6.45, 7) is -0.469. The first-order valence-electron chi connectivity index (χ1n) is 7.51. The van der Waals surface area contributed by atoms with E-state index in [1.807, 2.05) is 0 Å². The lowest BCUT2D eigenvalue weighted by atomic mass is 10.2. The van der Waals surface area contributed by atoms with E-state index >= 15 is 0 Å². The number of hydrogen-bond donors (Lipinski definition) is 1. The predicted octanol–water partition coefficient (Wildman–Crippen LogP) is 3.16. The number of ether oxygens (including phenoxy) is 4. The molecule has 0 bridgehead atoms. The first-order valence-corrected chi connectivity index (χ1v) is 7.89. The van der Waals surface area contributed by atoms with Gasteiger partial charge in [0.15, 0.2) is 18.1 Å². The number of para-hydroxylation sites is 2. The molecule has 2 aromatic rings. The number of methoxy groups -OCH3 is 3. The van der Waals surface area contributed by atoms with Gasteiger partial charge in [0.25, 0.3) is 5.91 Å². The fourth-order valence-corrected chi connectivity index (χ4v) is 2.47. The molecule has 26 heavy (non-hydrogen) atoms. The maximum atomic E-state index is 12.2. The number of esters is 1. The zero-order valence-corrected chi connectivity index (χ0v) is 15.3. The lowest BCUT2D eigenvalue weighted by Crippen LogP contribution is -2.21. The van der Waals surface area contributed by atoms with E-state index in [1.54, 1.807) is 24.3 Å². The van der Waals surface area contributed by atoms with Crippen LogP contribution in [0.3, 0.4) is 0 Å². The SMILES string of the molecule is COc1ccccc1NC(=O)COC(=O)c1cc(Cl)c(OC)c(OC)c1. The average Bonchev–Trinajstić information content (AvgIpc) is 2.65. The number of anilines is 1. The van der Waals surface area contributed by atoms with Gasteiger partial charge in [-0.05, 0) is 24.3 Å². The molecule has 0 saturated heterocycles. The first kappa shape index (κ1) is 19.4. The lowest BCUT2D eigenvalue weighted by molar-refractivity contribution is -0.119. The summed E-state index contributed by atoms with van der Waals surface area (Å²) < 4.78 is 20.4. The summed E-state index contributed by atoms with van der Waals surface area (Å²) in [5.74, 6) is -0.138. The number of carbonyl (C=O) groups excluding carboxylic acids is 2. The van der Waals surface area contributed by atoms with Crippen LogP contribution >= 0.6 is 11.6 Å². The summed E-state index contributed by atoms with van der Waals surface area (Å²) in [5, 5.41) is 2.80. The Balaban J connectivity index is 2.02. The Hall–Kier alpha value is -2.93. The number of hydrogen-bond acceptors (Lipinski definition) is 6. The van der Waals surface area contributed by atoms with Gasteiger partial charge in [-0.25, -0.2) is 4.79 Å². The largest absolute Gasteiger partial charge is 0.495 e. The summed E-state index contributed by atoms with van der Waals surface area (Å²) >= 11 is 6.05. The second kappa shape index (κ2) is 8.96. The van der Waals surface area contributed by atoms with E-state index in [0.717, 1.165) is 0 Å². The standard InChI is InChI=1S/C18H18ClNO6/c1-23-14-7-5-4-6-13(14)20-16(21)10-26-18(22)11-8-12(19)17(25-3)15(9-11)24-2/h4-9H,10H2,1-3H3,(H,20,21). The Bertz CT molecular complexity index is 808. The van der Waals surface area contributed by atoms with Crippen molar-refractivity contribution < 1.29 is 28.5 Å². The molecule has 138 valence electrons. The van der Waals surface area contributed by atoms with Crippen LogP contribution in [0.5, 0.6) is 17.2 Å². The molecule has 0 radical (unpaired) electrons. The molecule has 1 amide bonds. The maximum Gasteiger partial charge on any atom is 0.338 e. The molecule has 0 saturated carbocycles. The summed E-state index contributed by atoms with van der Waals surface area (Å²) in [6, 6.07) is 9.69. The van der Waals surface area contributed by atoms with Gasteiger partial charge in [-0.2, -0.15) is 0 Å². The van der Waals surface area contributed by atoms with Crippen molar-refractivity contribution in [1.82, 2.24) is 0 Å². The third-order valence-corrected chi connectivity index (χ3v) is 3.67. The smallest absolute Gasteiger partial charge is 0.338 e. The number of benzene rings is 2. The highest BCUT2D eigenvalue weighted by molar-refractivity contribution is 6.32. The van der Waals surface area contributed by atoms with E-state index in [0.29, 0.717) is 17.2 Å². The number of amides is 1. The van der Waals surface area contributed by atoms with Gasteiger partial charge >= 0.3 is 5.97 Å². The number of carbonyl (C=O) groups is 2. The van der Waals surface area contributed by atoms with Crippen LogP contribution in [0, 0.1) is 0 Å². The van der Waals surface area contributed by atoms with Gasteiger partial charge in [0, 0.05) is 0 Å². The zero-order valence-electron chi connectivity index (χ0n) is 14.5. The van der Waals surface area contributed by atoms with Crippen molar-refractivity contribution in [2.75, 3.05) is 33.3 Å². The second-order valence-electron chi connectivity index (χ2n) is 5.02. The predicted molar refractivity (Wildman–Crippen MR) is 96.5 cm³/mol. The molecule has 0 atom stereocenters. The minimum Gasteiger partial charge on any atom is -0.495 e. The van der Waals surface area contributed by atoms with Crippen molar-refractivity contribution in [2.45, 2.75) is 0 Å². The van der Waals surface area contributed by atoms with Crippen molar-refractivity contribution in [3.05, 3.63) is 47.0 Å². The highest BCUT2D eigenvalue weighted by atomic mass is 35.5. The van der Waals surface area contributed by atoms with Crippen LogP contribution in [0.2, 0.25) is 5.02 Å². The van der Waals surface area contributed by atoms with Crippen LogP contribution < -0.4 is 19.5 Å². The fraction of sp³-hybridized carbons (Fsp3) is 0.222. The van der Waals surface area contributed by atoms with E-state index < -0.39 is 18.5 Å². The summed E-state index contributed by atoms with van der Waals surface area (Å²) in [4.78, 5) is 24.2. The monoisotopic (exact) mass is 379 g/mol. The van der Waals surface area contributed by atoms with Crippen molar-refractivity contribution in [2.24, 2.45) is 0 Å². The summed E-state index contributed by atoms with van der Waals surface area (Å²) in [7, 11) is 4.35. The number of rotatable bonds is 7. The van der Waals surface area contributed by atoms with E-state index in [4.69, 9.17) is 30.5 Å². The Labute approximate surface area is 155 Å². The van der Waals surface area contributed by atoms with E-state index in [1.165, 1.54) is 33.5 Å². The minimum atomic E-state index is -0.719. The molecule has 0 aliphatic heterocycles. The van der Waals surface area contributed by atoms with Gasteiger partial charge in [-0.3, -0.25) is 4.79 Å². The van der Waals surface area contributed by atoms with Crippen molar-refractivity contribution >= 4 is 29.2 Å². The summed E-state index contributed by atoms with van der Waals surface area (Å²) in [6.07, 6.45) is 0. The third kappa shape index (κ3) is 4.58. The van der Waals surface area contributed by atoms with Crippen LogP contribution in [0.15, 0.2) is 36.4 Å². The van der Waals surface area contributed by atoms with E-state index in [9.17, 15) is 9.59 Å². The highest BCUT2D eigenvalue weighted by Crippen LogP contribution is 2.36. The molecule has 0 heterocycles. The molecule has 0 aromatic heterocycles. The molecule has 0 spiro atoms. The maximum absolute atomic E-state index is 12.2. The normalized spacial score (nSPS) is 10.0. The number of halogens is 1. The highest BCUT2D eigenvalue weighted by Gasteiger charge is 2.17. The van der Waals surface area contributed by atoms with Crippen LogP contribution in [0.1, 0.15) is 10.4 Å². The number of nitrogens with one attached hydrogen (secondary N) is 1. The molecular formula is C18H18ClNO6. The minimum absolute atomic E-state index is 0.137. The molecular weight excluding hydrogens is 362 g/mol. The van der Waals surface area contributed by atoms with Crippen molar-refractivity contribution in [3.8, 4) is 17.2 Å². The van der Waals surface area contributed by atoms with Gasteiger partial charge in [0.2, 0.25) is 0 Å². The Morgan fingerprint density at radius 3 is 2.35 bits per heavy atom. The van der Waals surface area contributed by atoms with Gasteiger partial charge in [0.1, 0.15) is 5.75 Å². The molecule has 2 aromatic carbocycles. The molecule has 0 unspecified atom stereocenters. The molecule has 0 fully saturated rings. The van der Waals surface area contributed by atoms with Gasteiger partial charge in [0.05, 0.1) is 37.6 Å². The first-order chi connectivity index (χ1) is 12.5. The summed E-state index contributed by atoms with van der Waals surface area (Å²) in [5.41, 5.74) is 0.614. The van der Waals surface area contributed by atoms with Gasteiger partial charge in [-0.1, -0.05) is 23.7 Å². The zero-order chi connectivity index (χ0) is 19.1. The molecule has 1 N–H and O–H groups in total. The van der Waals surface area contributed by atoms with E-state index in [2.05, 4.69) is 5.32 Å². The third-order valence-electron chi connectivity index (χ3n) is 3.38. The Kier molecular flexibility index (Phi) is 6.68. The molecule has 0 aliphatic rings. The van der Waals surface area contributed by atoms with Crippen LogP contribution in [0.25, 0.3) is 0 Å². The molecule has 7 nitrogen and oxygen atoms in total. The fourth-order valence-electron chi connectivity index (χ4n) is 2.18. The molecule has 0 aliphatic carbocycles. The van der Waals surface area contributed by atoms with Crippen LogP contribution in [-0.4, -0.2) is 39.8 Å². The average molecular weight is 380 g/mol. The van der Waals surface area contributed by atoms with Crippen LogP contribution in [0.4, 0.5) is 5.69 Å². The quantitative estimate of drug-likeness (QED) is 0.744. The second-order valence-corrected chi connectivity index (χ2v) is 5.43. The topological polar surface area (TPSA) is 83.1 Å². The Morgan fingerprint density at radius 1 is 1.00 bits per heavy atom. The van der Waals surface area contributed by atoms with Crippen molar-refractivity contribution in [3.63, 3.8) is 0 Å². The van der Waals surface area contributed by atoms with Crippen LogP contribution in [-0.2, 0) is 9.53 Å². The molecule has 8 heteroatoms. The van der Waals surface area contributed by atoms with E-state index in [-0.39, 0.29) is 16.3 Å². The van der Waals surface area contributed by atoms with Gasteiger partial charge < -0.3 is 24.3 Å². The lowest BCUT2D eigenvalue weighted by Gasteiger charge is -2.12. The Morgan fingerprint density at radius 2 is 1.69 bits per heavy atom. The van der Waals surface area contributed by atoms with Gasteiger partial charge in [-0.15, -0.1) is 0 Å².